The van der Waals surface area contributed by atoms with E-state index < -0.39 is 0 Å². The zero-order valence-electron chi connectivity index (χ0n) is 17.5. The summed E-state index contributed by atoms with van der Waals surface area (Å²) in [5, 5.41) is 9.05. The van der Waals surface area contributed by atoms with Crippen LogP contribution in [0.1, 0.15) is 49.9 Å². The van der Waals surface area contributed by atoms with Gasteiger partial charge in [0.25, 0.3) is 0 Å². The van der Waals surface area contributed by atoms with Gasteiger partial charge in [-0.15, -0.1) is 11.3 Å². The van der Waals surface area contributed by atoms with Crippen LogP contribution < -0.4 is 10.6 Å². The van der Waals surface area contributed by atoms with Crippen LogP contribution in [0.2, 0.25) is 0 Å². The monoisotopic (exact) mass is 405 g/mol. The van der Waals surface area contributed by atoms with E-state index in [0.717, 1.165) is 44.9 Å². The second-order valence-electron chi connectivity index (χ2n) is 8.11. The molecule has 7 heteroatoms. The van der Waals surface area contributed by atoms with E-state index in [1.807, 2.05) is 0 Å². The number of hydrogen-bond donors (Lipinski definition) is 2. The molecule has 1 aromatic heterocycles. The van der Waals surface area contributed by atoms with Gasteiger partial charge in [-0.3, -0.25) is 9.79 Å². The smallest absolute Gasteiger partial charge is 0.225 e. The first-order valence-electron chi connectivity index (χ1n) is 10.6. The molecule has 1 saturated carbocycles. The van der Waals surface area contributed by atoms with E-state index in [4.69, 9.17) is 4.99 Å². The number of likely N-dealkylation sites (tertiary alicyclic amines) is 1. The Morgan fingerprint density at radius 1 is 1.36 bits per heavy atom. The Labute approximate surface area is 173 Å². The third kappa shape index (κ3) is 5.47. The van der Waals surface area contributed by atoms with E-state index in [1.165, 1.54) is 17.7 Å². The number of carbonyl (C=O) groups excluding carboxylic acids is 1. The van der Waals surface area contributed by atoms with Gasteiger partial charge >= 0.3 is 0 Å². The van der Waals surface area contributed by atoms with Gasteiger partial charge in [-0.2, -0.15) is 0 Å². The highest BCUT2D eigenvalue weighted by molar-refractivity contribution is 7.10. The molecule has 2 fully saturated rings. The summed E-state index contributed by atoms with van der Waals surface area (Å²) in [6.07, 6.45) is 5.56. The van der Waals surface area contributed by atoms with Crippen LogP contribution in [0.4, 0.5) is 0 Å². The van der Waals surface area contributed by atoms with Gasteiger partial charge < -0.3 is 20.4 Å². The highest BCUT2D eigenvalue weighted by Crippen LogP contribution is 2.28. The largest absolute Gasteiger partial charge is 0.357 e. The highest BCUT2D eigenvalue weighted by Gasteiger charge is 2.32. The lowest BCUT2D eigenvalue weighted by molar-refractivity contribution is -0.134. The van der Waals surface area contributed by atoms with Gasteiger partial charge in [0.2, 0.25) is 5.91 Å². The molecule has 1 aliphatic carbocycles. The molecule has 1 amide bonds. The van der Waals surface area contributed by atoms with Crippen LogP contribution in [0.15, 0.2) is 22.5 Å². The van der Waals surface area contributed by atoms with Crippen molar-refractivity contribution in [2.75, 3.05) is 40.3 Å². The number of nitrogens with one attached hydrogen (secondary N) is 2. The molecular weight excluding hydrogens is 370 g/mol. The molecule has 2 atom stereocenters. The lowest BCUT2D eigenvalue weighted by Gasteiger charge is -2.23. The Morgan fingerprint density at radius 3 is 2.79 bits per heavy atom. The standard InChI is InChI=1S/C21H35N5OS/c1-4-22-21(23-14-18(25(2)3)19-10-7-13-28-19)24-17-11-12-26(15-17)20(27)16-8-5-6-9-16/h7,10,13,16-18H,4-6,8-9,11-12,14-15H2,1-3H3,(H2,22,23,24). The minimum atomic E-state index is 0.271. The number of likely N-dealkylation sites (N-methyl/N-ethyl adjacent to an activating group) is 1. The van der Waals surface area contributed by atoms with Crippen LogP contribution in [0, 0.1) is 5.92 Å². The average Bonchev–Trinajstić information content (AvgIpc) is 3.43. The van der Waals surface area contributed by atoms with Gasteiger partial charge in [0.15, 0.2) is 5.96 Å². The Morgan fingerprint density at radius 2 is 2.14 bits per heavy atom. The third-order valence-corrected chi connectivity index (χ3v) is 6.78. The predicted octanol–water partition coefficient (Wildman–Crippen LogP) is 2.70. The van der Waals surface area contributed by atoms with E-state index in [-0.39, 0.29) is 18.0 Å². The van der Waals surface area contributed by atoms with Crippen LogP contribution in [0.3, 0.4) is 0 Å². The molecule has 1 aromatic rings. The van der Waals surface area contributed by atoms with Crippen LogP contribution in [0.25, 0.3) is 0 Å². The average molecular weight is 406 g/mol. The Kier molecular flexibility index (Phi) is 7.73. The van der Waals surface area contributed by atoms with E-state index >= 15 is 0 Å². The molecule has 156 valence electrons. The Hall–Kier alpha value is -1.60. The number of carbonyl (C=O) groups is 1. The van der Waals surface area contributed by atoms with Gasteiger partial charge in [0.1, 0.15) is 0 Å². The van der Waals surface area contributed by atoms with Crippen LogP contribution in [0.5, 0.6) is 0 Å². The second kappa shape index (κ2) is 10.3. The topological polar surface area (TPSA) is 60.0 Å². The van der Waals surface area contributed by atoms with Gasteiger partial charge in [-0.25, -0.2) is 0 Å². The van der Waals surface area contributed by atoms with Gasteiger partial charge in [0, 0.05) is 36.5 Å². The number of rotatable bonds is 7. The Balaban J connectivity index is 1.56. The molecule has 0 radical (unpaired) electrons. The maximum absolute atomic E-state index is 12.7. The number of nitrogens with zero attached hydrogens (tertiary/aromatic N) is 3. The molecule has 2 N–H and O–H groups in total. The Bertz CT molecular complexity index is 639. The lowest BCUT2D eigenvalue weighted by Crippen LogP contribution is -2.45. The minimum Gasteiger partial charge on any atom is -0.357 e. The zero-order valence-corrected chi connectivity index (χ0v) is 18.3. The summed E-state index contributed by atoms with van der Waals surface area (Å²) in [5.74, 6) is 1.49. The number of guanidine groups is 1. The van der Waals surface area contributed by atoms with E-state index in [1.54, 1.807) is 11.3 Å². The molecule has 2 aliphatic rings. The maximum Gasteiger partial charge on any atom is 0.225 e. The number of aliphatic imine (C=N–C) groups is 1. The van der Waals surface area contributed by atoms with E-state index in [9.17, 15) is 4.79 Å². The first-order chi connectivity index (χ1) is 13.6. The fraction of sp³-hybridized carbons (Fsp3) is 0.714. The summed E-state index contributed by atoms with van der Waals surface area (Å²) < 4.78 is 0. The maximum atomic E-state index is 12.7. The SMILES string of the molecule is CCNC(=NCC(c1cccs1)N(C)C)NC1CCN(C(=O)C2CCCC2)C1. The van der Waals surface area contributed by atoms with Crippen LogP contribution >= 0.6 is 11.3 Å². The molecule has 0 spiro atoms. The summed E-state index contributed by atoms with van der Waals surface area (Å²) in [7, 11) is 4.20. The van der Waals surface area contributed by atoms with E-state index in [0.29, 0.717) is 12.5 Å². The second-order valence-corrected chi connectivity index (χ2v) is 9.09. The number of hydrogen-bond acceptors (Lipinski definition) is 4. The first kappa shape index (κ1) is 21.1. The zero-order chi connectivity index (χ0) is 19.9. The number of thiophene rings is 1. The van der Waals surface area contributed by atoms with Crippen molar-refractivity contribution in [1.82, 2.24) is 20.4 Å². The van der Waals surface area contributed by atoms with E-state index in [2.05, 4.69) is 59.0 Å². The molecule has 2 unspecified atom stereocenters. The van der Waals surface area contributed by atoms with Crippen LogP contribution in [-0.4, -0.2) is 68.0 Å². The molecule has 1 aliphatic heterocycles. The molecule has 6 nitrogen and oxygen atoms in total. The van der Waals surface area contributed by atoms with Crippen molar-refractivity contribution in [1.29, 1.82) is 0 Å². The summed E-state index contributed by atoms with van der Waals surface area (Å²) in [5.41, 5.74) is 0. The fourth-order valence-electron chi connectivity index (χ4n) is 4.19. The quantitative estimate of drug-likeness (QED) is 0.541. The molecule has 0 aromatic carbocycles. The summed E-state index contributed by atoms with van der Waals surface area (Å²) in [6, 6.07) is 4.83. The summed E-state index contributed by atoms with van der Waals surface area (Å²) >= 11 is 1.78. The molecule has 3 rings (SSSR count). The van der Waals surface area contributed by atoms with Crippen molar-refractivity contribution in [3.63, 3.8) is 0 Å². The molecular formula is C21H35N5OS. The predicted molar refractivity (Wildman–Crippen MR) is 117 cm³/mol. The van der Waals surface area contributed by atoms with Crippen molar-refractivity contribution in [3.8, 4) is 0 Å². The van der Waals surface area contributed by atoms with Crippen molar-refractivity contribution >= 4 is 23.2 Å². The highest BCUT2D eigenvalue weighted by atomic mass is 32.1. The van der Waals surface area contributed by atoms with Crippen molar-refractivity contribution in [3.05, 3.63) is 22.4 Å². The van der Waals surface area contributed by atoms with Crippen molar-refractivity contribution < 1.29 is 4.79 Å². The fourth-order valence-corrected chi connectivity index (χ4v) is 5.10. The summed E-state index contributed by atoms with van der Waals surface area (Å²) in [4.78, 5) is 23.1. The molecule has 2 heterocycles. The minimum absolute atomic E-state index is 0.271. The van der Waals surface area contributed by atoms with Gasteiger partial charge in [0.05, 0.1) is 12.6 Å². The first-order valence-corrected chi connectivity index (χ1v) is 11.5. The number of amides is 1. The van der Waals surface area contributed by atoms with Crippen molar-refractivity contribution in [2.45, 2.75) is 51.1 Å². The molecule has 28 heavy (non-hydrogen) atoms. The summed E-state index contributed by atoms with van der Waals surface area (Å²) in [6.45, 7) is 5.28. The van der Waals surface area contributed by atoms with Gasteiger partial charge in [-0.05, 0) is 51.7 Å². The third-order valence-electron chi connectivity index (χ3n) is 5.81. The molecule has 0 bridgehead atoms. The molecule has 1 saturated heterocycles. The lowest BCUT2D eigenvalue weighted by atomic mass is 10.1. The normalized spacial score (nSPS) is 22.1. The van der Waals surface area contributed by atoms with Gasteiger partial charge in [-0.1, -0.05) is 18.9 Å². The van der Waals surface area contributed by atoms with Crippen LogP contribution in [-0.2, 0) is 4.79 Å². The van der Waals surface area contributed by atoms with Crippen molar-refractivity contribution in [2.24, 2.45) is 10.9 Å².